The average Bonchev–Trinajstić information content (AvgIpc) is 3.17. The first-order valence-corrected chi connectivity index (χ1v) is 26.8. The molecule has 0 aromatic heterocycles. The molecule has 0 amide bonds. The van der Waals surface area contributed by atoms with Crippen LogP contribution in [0.2, 0.25) is 0 Å². The lowest BCUT2D eigenvalue weighted by molar-refractivity contribution is -0.167. The van der Waals surface area contributed by atoms with Gasteiger partial charge in [-0.3, -0.25) is 14.4 Å². The van der Waals surface area contributed by atoms with E-state index in [0.29, 0.717) is 12.8 Å². The Hall–Kier alpha value is 0.570. The predicted molar refractivity (Wildman–Crippen MR) is 284 cm³/mol. The van der Waals surface area contributed by atoms with Gasteiger partial charge in [0.25, 0.3) is 0 Å². The summed E-state index contributed by atoms with van der Waals surface area (Å²) in [5, 5.41) is 0. The number of halogens is 6. The molecule has 0 bridgehead atoms. The molecule has 0 aliphatic carbocycles. The lowest BCUT2D eigenvalue weighted by atomic mass is 10.1. The van der Waals surface area contributed by atoms with E-state index in [2.05, 4.69) is 167 Å². The largest absolute Gasteiger partial charge is 0.462 e. The van der Waals surface area contributed by atoms with Crippen molar-refractivity contribution in [2.24, 2.45) is 0 Å². The zero-order chi connectivity index (χ0) is 42.0. The van der Waals surface area contributed by atoms with E-state index in [1.807, 2.05) is 0 Å². The second kappa shape index (κ2) is 32.3. The fourth-order valence-electron chi connectivity index (χ4n) is 6.11. The van der Waals surface area contributed by atoms with Crippen LogP contribution in [0.25, 0.3) is 0 Å². The van der Waals surface area contributed by atoms with Crippen molar-refractivity contribution in [1.82, 2.24) is 0 Å². The zero-order valence-corrected chi connectivity index (χ0v) is 46.2. The summed E-state index contributed by atoms with van der Waals surface area (Å²) in [6.07, 6.45) is 24.4. The standard InChI is InChI=1S/C43H60I6N2O6/c1-2-3-4-5-6-7-8-9-10-11-12-13-14-15-16-25-39(54)57-30(28-55-37(52)23-19-17-21-31-33(44)26-35(46)42(50)40(31)48)29-56-38(53)24-20-18-22-32-34(45)27-36(47)43(51)41(32)49/h9-10,26-27,30H,2-8,11-25,28-29,50-51H2,1H3/b10-9-. The number of ether oxygens (including phenoxy) is 3. The smallest absolute Gasteiger partial charge is 0.306 e. The Morgan fingerprint density at radius 2 is 0.930 bits per heavy atom. The second-order valence-electron chi connectivity index (χ2n) is 14.3. The van der Waals surface area contributed by atoms with Crippen molar-refractivity contribution >= 4 is 165 Å². The molecule has 2 rings (SSSR count). The molecule has 0 heterocycles. The number of esters is 3. The minimum absolute atomic E-state index is 0.154. The molecule has 8 nitrogen and oxygen atoms in total. The zero-order valence-electron chi connectivity index (χ0n) is 33.2. The van der Waals surface area contributed by atoms with Crippen LogP contribution in [0, 0.1) is 21.4 Å². The first-order valence-electron chi connectivity index (χ1n) is 20.3. The van der Waals surface area contributed by atoms with E-state index < -0.39 is 6.10 Å². The molecule has 0 aliphatic rings. The van der Waals surface area contributed by atoms with Gasteiger partial charge < -0.3 is 25.7 Å². The molecule has 0 atom stereocenters. The van der Waals surface area contributed by atoms with Crippen molar-refractivity contribution in [3.63, 3.8) is 0 Å². The number of carbonyl (C=O) groups excluding carboxylic acids is 3. The molecule has 0 radical (unpaired) electrons. The fourth-order valence-corrected chi connectivity index (χ4v) is 13.9. The number of unbranched alkanes of at least 4 members (excludes halogenated alkanes) is 13. The Balaban J connectivity index is 1.77. The van der Waals surface area contributed by atoms with Gasteiger partial charge in [0.1, 0.15) is 13.2 Å². The van der Waals surface area contributed by atoms with Gasteiger partial charge in [0, 0.05) is 40.7 Å². The van der Waals surface area contributed by atoms with E-state index in [0.717, 1.165) is 89.9 Å². The molecule has 2 aromatic rings. The predicted octanol–water partition coefficient (Wildman–Crippen LogP) is 13.6. The van der Waals surface area contributed by atoms with Crippen molar-refractivity contribution in [2.45, 2.75) is 154 Å². The van der Waals surface area contributed by atoms with Crippen LogP contribution in [0.5, 0.6) is 0 Å². The molecule has 4 N–H and O–H groups in total. The number of carbonyl (C=O) groups is 3. The Morgan fingerprint density at radius 1 is 0.544 bits per heavy atom. The third-order valence-electron chi connectivity index (χ3n) is 9.52. The quantitative estimate of drug-likeness (QED) is 0.0197. The summed E-state index contributed by atoms with van der Waals surface area (Å²) in [4.78, 5) is 38.3. The Labute approximate surface area is 423 Å². The maximum absolute atomic E-state index is 12.8. The number of benzene rings is 2. The van der Waals surface area contributed by atoms with Crippen molar-refractivity contribution in [2.75, 3.05) is 24.7 Å². The SMILES string of the molecule is CCCCCCCC/C=C\CCCCCCCC(=O)OC(COC(=O)CCCCc1c(I)cc(I)c(N)c1I)COC(=O)CCCCc1c(I)cc(I)c(N)c1I. The van der Waals surface area contributed by atoms with Crippen LogP contribution in [0.1, 0.15) is 146 Å². The summed E-state index contributed by atoms with van der Waals surface area (Å²) >= 11 is 13.8. The maximum Gasteiger partial charge on any atom is 0.306 e. The van der Waals surface area contributed by atoms with Crippen LogP contribution in [-0.4, -0.2) is 37.2 Å². The molecule has 0 spiro atoms. The average molecular weight is 1460 g/mol. The van der Waals surface area contributed by atoms with Gasteiger partial charge in [0.2, 0.25) is 0 Å². The van der Waals surface area contributed by atoms with Crippen LogP contribution in [-0.2, 0) is 41.4 Å². The summed E-state index contributed by atoms with van der Waals surface area (Å²) in [6.45, 7) is 1.94. The highest BCUT2D eigenvalue weighted by Gasteiger charge is 2.20. The van der Waals surface area contributed by atoms with Crippen molar-refractivity contribution in [3.05, 3.63) is 56.8 Å². The normalized spacial score (nSPS) is 11.4. The number of nitrogen functional groups attached to an aromatic ring is 2. The van der Waals surface area contributed by atoms with E-state index in [1.165, 1.54) is 63.2 Å². The number of rotatable bonds is 30. The molecule has 320 valence electrons. The number of hydrogen-bond donors (Lipinski definition) is 2. The highest BCUT2D eigenvalue weighted by Crippen LogP contribution is 2.32. The molecule has 0 saturated carbocycles. The topological polar surface area (TPSA) is 131 Å². The van der Waals surface area contributed by atoms with Gasteiger partial charge in [-0.25, -0.2) is 0 Å². The lowest BCUT2D eigenvalue weighted by Crippen LogP contribution is -2.30. The van der Waals surface area contributed by atoms with Crippen LogP contribution in [0.3, 0.4) is 0 Å². The van der Waals surface area contributed by atoms with Crippen LogP contribution in [0.15, 0.2) is 24.3 Å². The minimum Gasteiger partial charge on any atom is -0.462 e. The Bertz CT molecular complexity index is 1490. The maximum atomic E-state index is 12.8. The highest BCUT2D eigenvalue weighted by atomic mass is 127. The van der Waals surface area contributed by atoms with E-state index in [1.54, 1.807) is 0 Å². The number of hydrogen-bond acceptors (Lipinski definition) is 8. The summed E-state index contributed by atoms with van der Waals surface area (Å²) in [5.74, 6) is -1.11. The van der Waals surface area contributed by atoms with Crippen molar-refractivity contribution < 1.29 is 28.6 Å². The fraction of sp³-hybridized carbons (Fsp3) is 0.605. The first-order chi connectivity index (χ1) is 27.3. The van der Waals surface area contributed by atoms with Gasteiger partial charge in [0.15, 0.2) is 6.10 Å². The Morgan fingerprint density at radius 3 is 1.39 bits per heavy atom. The van der Waals surface area contributed by atoms with Crippen molar-refractivity contribution in [1.29, 1.82) is 0 Å². The van der Waals surface area contributed by atoms with Gasteiger partial charge in [-0.1, -0.05) is 70.4 Å². The molecular weight excluding hydrogens is 1400 g/mol. The molecule has 2 aromatic carbocycles. The third-order valence-corrected chi connectivity index (χ3v) is 15.7. The van der Waals surface area contributed by atoms with Crippen LogP contribution >= 0.6 is 136 Å². The number of allylic oxidation sites excluding steroid dienone is 2. The summed E-state index contributed by atoms with van der Waals surface area (Å²) < 4.78 is 23.3. The van der Waals surface area contributed by atoms with E-state index in [-0.39, 0.29) is 50.4 Å². The minimum atomic E-state index is -0.857. The second-order valence-corrected chi connectivity index (χ2v) is 21.1. The summed E-state index contributed by atoms with van der Waals surface area (Å²) in [5.41, 5.74) is 16.5. The number of anilines is 2. The summed E-state index contributed by atoms with van der Waals surface area (Å²) in [7, 11) is 0. The van der Waals surface area contributed by atoms with Gasteiger partial charge in [-0.2, -0.15) is 0 Å². The lowest BCUT2D eigenvalue weighted by Gasteiger charge is -2.18. The van der Waals surface area contributed by atoms with E-state index in [9.17, 15) is 14.4 Å². The summed E-state index contributed by atoms with van der Waals surface area (Å²) in [6, 6.07) is 4.16. The van der Waals surface area contributed by atoms with Gasteiger partial charge >= 0.3 is 17.9 Å². The van der Waals surface area contributed by atoms with Crippen LogP contribution < -0.4 is 11.5 Å². The molecule has 57 heavy (non-hydrogen) atoms. The molecule has 0 unspecified atom stereocenters. The van der Waals surface area contributed by atoms with Gasteiger partial charge in [-0.05, 0) is 229 Å². The Kier molecular flexibility index (Phi) is 30.4. The van der Waals surface area contributed by atoms with Gasteiger partial charge in [0.05, 0.1) is 11.4 Å². The monoisotopic (exact) mass is 1460 g/mol. The third kappa shape index (κ3) is 23.0. The molecule has 0 aliphatic heterocycles. The highest BCUT2D eigenvalue weighted by molar-refractivity contribution is 14.1. The van der Waals surface area contributed by atoms with E-state index >= 15 is 0 Å². The molecular formula is C43H60I6N2O6. The molecule has 0 saturated heterocycles. The van der Waals surface area contributed by atoms with Gasteiger partial charge in [-0.15, -0.1) is 0 Å². The van der Waals surface area contributed by atoms with Crippen molar-refractivity contribution in [3.8, 4) is 0 Å². The first kappa shape index (κ1) is 53.7. The number of nitrogens with two attached hydrogens (primary N) is 2. The molecule has 14 heteroatoms. The van der Waals surface area contributed by atoms with Crippen LogP contribution in [0.4, 0.5) is 11.4 Å². The van der Waals surface area contributed by atoms with E-state index in [4.69, 9.17) is 25.7 Å². The molecule has 0 fully saturated rings.